The van der Waals surface area contributed by atoms with Crippen LogP contribution < -0.4 is 5.32 Å². The largest absolute Gasteiger partial charge is 0.353 e. The van der Waals surface area contributed by atoms with Gasteiger partial charge in [0.2, 0.25) is 5.91 Å². The summed E-state index contributed by atoms with van der Waals surface area (Å²) in [6.07, 6.45) is 9.14. The molecule has 114 valence electrons. The van der Waals surface area contributed by atoms with Crippen LogP contribution in [0.25, 0.3) is 0 Å². The van der Waals surface area contributed by atoms with Crippen LogP contribution in [0.1, 0.15) is 58.8 Å². The van der Waals surface area contributed by atoms with Crippen LogP contribution in [-0.4, -0.2) is 17.3 Å². The lowest BCUT2D eigenvalue weighted by Crippen LogP contribution is -2.49. The van der Waals surface area contributed by atoms with Crippen LogP contribution in [-0.2, 0) is 4.79 Å². The second-order valence-electron chi connectivity index (χ2n) is 8.08. The summed E-state index contributed by atoms with van der Waals surface area (Å²) < 4.78 is 0. The average Bonchev–Trinajstić information content (AvgIpc) is 2.34. The van der Waals surface area contributed by atoms with E-state index in [1.54, 1.807) is 0 Å². The molecule has 0 aromatic rings. The zero-order valence-electron chi connectivity index (χ0n) is 12.8. The number of nitrogens with one attached hydrogen (secondary N) is 1. The number of hydrogen-bond acceptors (Lipinski definition) is 1. The predicted octanol–water partition coefficient (Wildman–Crippen LogP) is 4.13. The van der Waals surface area contributed by atoms with Crippen LogP contribution in [0.4, 0.5) is 0 Å². The Balaban J connectivity index is 1.59. The Morgan fingerprint density at radius 1 is 1.15 bits per heavy atom. The number of carbonyl (C=O) groups excluding carboxylic acids is 1. The van der Waals surface area contributed by atoms with Gasteiger partial charge in [0.05, 0.1) is 0 Å². The van der Waals surface area contributed by atoms with Crippen molar-refractivity contribution in [2.24, 2.45) is 29.1 Å². The van der Waals surface area contributed by atoms with Gasteiger partial charge in [-0.25, -0.2) is 0 Å². The van der Waals surface area contributed by atoms with Gasteiger partial charge in [-0.05, 0) is 74.5 Å². The number of hydrogen-bond donors (Lipinski definition) is 1. The van der Waals surface area contributed by atoms with E-state index >= 15 is 0 Å². The SMILES string of the molecule is CC(CBr)C(C)NC(=O)CC12CC3CC(CC(C3)C1)C2. The van der Waals surface area contributed by atoms with Crippen molar-refractivity contribution in [1.82, 2.24) is 5.32 Å². The van der Waals surface area contributed by atoms with Crippen molar-refractivity contribution in [3.05, 3.63) is 0 Å². The van der Waals surface area contributed by atoms with Gasteiger partial charge in [-0.15, -0.1) is 0 Å². The second kappa shape index (κ2) is 5.62. The van der Waals surface area contributed by atoms with Crippen molar-refractivity contribution < 1.29 is 4.79 Å². The highest BCUT2D eigenvalue weighted by Gasteiger charge is 2.51. The second-order valence-corrected chi connectivity index (χ2v) is 8.73. The van der Waals surface area contributed by atoms with Crippen LogP contribution >= 0.6 is 15.9 Å². The minimum atomic E-state index is 0.274. The maximum absolute atomic E-state index is 12.4. The highest BCUT2D eigenvalue weighted by atomic mass is 79.9. The van der Waals surface area contributed by atoms with Gasteiger partial charge in [-0.3, -0.25) is 4.79 Å². The highest BCUT2D eigenvalue weighted by molar-refractivity contribution is 9.09. The van der Waals surface area contributed by atoms with Gasteiger partial charge in [0, 0.05) is 17.8 Å². The summed E-state index contributed by atoms with van der Waals surface area (Å²) in [5, 5.41) is 4.19. The van der Waals surface area contributed by atoms with Gasteiger partial charge in [0.1, 0.15) is 0 Å². The van der Waals surface area contributed by atoms with Crippen LogP contribution in [0.15, 0.2) is 0 Å². The van der Waals surface area contributed by atoms with Gasteiger partial charge in [0.25, 0.3) is 0 Å². The number of alkyl halides is 1. The molecule has 4 aliphatic carbocycles. The summed E-state index contributed by atoms with van der Waals surface area (Å²) in [4.78, 5) is 12.4. The molecule has 4 fully saturated rings. The van der Waals surface area contributed by atoms with Gasteiger partial charge >= 0.3 is 0 Å². The van der Waals surface area contributed by atoms with E-state index in [4.69, 9.17) is 0 Å². The van der Waals surface area contributed by atoms with E-state index in [0.29, 0.717) is 17.2 Å². The zero-order chi connectivity index (χ0) is 14.3. The predicted molar refractivity (Wildman–Crippen MR) is 85.8 cm³/mol. The molecule has 0 heterocycles. The molecule has 0 aromatic carbocycles. The molecule has 3 heteroatoms. The van der Waals surface area contributed by atoms with E-state index in [9.17, 15) is 4.79 Å². The first kappa shape index (κ1) is 14.9. The first-order valence-electron chi connectivity index (χ1n) is 8.35. The minimum absolute atomic E-state index is 0.274. The number of carbonyl (C=O) groups is 1. The molecule has 2 atom stereocenters. The van der Waals surface area contributed by atoms with Gasteiger partial charge in [-0.2, -0.15) is 0 Å². The molecule has 4 saturated carbocycles. The van der Waals surface area contributed by atoms with E-state index in [0.717, 1.165) is 29.5 Å². The number of halogens is 1. The fourth-order valence-electron chi connectivity index (χ4n) is 5.43. The third kappa shape index (κ3) is 2.93. The van der Waals surface area contributed by atoms with Crippen molar-refractivity contribution in [2.45, 2.75) is 64.8 Å². The quantitative estimate of drug-likeness (QED) is 0.748. The van der Waals surface area contributed by atoms with E-state index in [1.807, 2.05) is 0 Å². The van der Waals surface area contributed by atoms with Crippen molar-refractivity contribution in [3.8, 4) is 0 Å². The average molecular weight is 342 g/mol. The van der Waals surface area contributed by atoms with Crippen molar-refractivity contribution in [3.63, 3.8) is 0 Å². The molecule has 0 saturated heterocycles. The molecular weight excluding hydrogens is 314 g/mol. The Labute approximate surface area is 131 Å². The Kier molecular flexibility index (Phi) is 4.18. The van der Waals surface area contributed by atoms with Gasteiger partial charge < -0.3 is 5.32 Å². The fraction of sp³-hybridized carbons (Fsp3) is 0.941. The molecule has 1 N–H and O–H groups in total. The van der Waals surface area contributed by atoms with E-state index in [-0.39, 0.29) is 6.04 Å². The molecule has 0 aromatic heterocycles. The molecule has 4 aliphatic rings. The zero-order valence-corrected chi connectivity index (χ0v) is 14.4. The van der Waals surface area contributed by atoms with E-state index in [2.05, 4.69) is 35.1 Å². The summed E-state index contributed by atoms with van der Waals surface area (Å²) in [5.41, 5.74) is 0.371. The first-order chi connectivity index (χ1) is 9.49. The standard InChI is InChI=1S/C17H28BrNO/c1-11(10-18)12(2)19-16(20)9-17-6-13-3-14(7-17)5-15(4-13)8-17/h11-15H,3-10H2,1-2H3,(H,19,20). The Bertz CT molecular complexity index is 346. The molecule has 2 unspecified atom stereocenters. The van der Waals surface area contributed by atoms with Crippen LogP contribution in [0.3, 0.4) is 0 Å². The summed E-state index contributed by atoms with van der Waals surface area (Å²) in [7, 11) is 0. The summed E-state index contributed by atoms with van der Waals surface area (Å²) in [6.45, 7) is 4.31. The molecule has 0 radical (unpaired) electrons. The van der Waals surface area contributed by atoms with Crippen LogP contribution in [0.5, 0.6) is 0 Å². The van der Waals surface area contributed by atoms with Crippen LogP contribution in [0, 0.1) is 29.1 Å². The van der Waals surface area contributed by atoms with Crippen molar-refractivity contribution in [1.29, 1.82) is 0 Å². The first-order valence-corrected chi connectivity index (χ1v) is 9.47. The maximum Gasteiger partial charge on any atom is 0.220 e. The lowest BCUT2D eigenvalue weighted by molar-refractivity contribution is -0.130. The van der Waals surface area contributed by atoms with Gasteiger partial charge in [-0.1, -0.05) is 22.9 Å². The lowest BCUT2D eigenvalue weighted by atomic mass is 9.49. The normalized spacial score (nSPS) is 41.5. The third-order valence-corrected chi connectivity index (χ3v) is 7.21. The molecule has 4 bridgehead atoms. The van der Waals surface area contributed by atoms with Crippen molar-refractivity contribution in [2.75, 3.05) is 5.33 Å². The Morgan fingerprint density at radius 2 is 1.65 bits per heavy atom. The minimum Gasteiger partial charge on any atom is -0.353 e. The smallest absolute Gasteiger partial charge is 0.220 e. The summed E-state index contributed by atoms with van der Waals surface area (Å²) in [5.74, 6) is 3.61. The van der Waals surface area contributed by atoms with Crippen LogP contribution in [0.2, 0.25) is 0 Å². The summed E-state index contributed by atoms with van der Waals surface area (Å²) >= 11 is 3.51. The summed E-state index contributed by atoms with van der Waals surface area (Å²) in [6, 6.07) is 0.274. The topological polar surface area (TPSA) is 29.1 Å². The Hall–Kier alpha value is -0.0500. The third-order valence-electron chi connectivity index (χ3n) is 6.19. The molecule has 20 heavy (non-hydrogen) atoms. The van der Waals surface area contributed by atoms with E-state index < -0.39 is 0 Å². The lowest BCUT2D eigenvalue weighted by Gasteiger charge is -2.56. The number of amides is 1. The molecule has 1 amide bonds. The Morgan fingerprint density at radius 3 is 2.10 bits per heavy atom. The van der Waals surface area contributed by atoms with E-state index in [1.165, 1.54) is 38.5 Å². The molecule has 0 spiro atoms. The molecule has 4 rings (SSSR count). The molecule has 0 aliphatic heterocycles. The van der Waals surface area contributed by atoms with Crippen molar-refractivity contribution >= 4 is 21.8 Å². The monoisotopic (exact) mass is 341 g/mol. The molecule has 2 nitrogen and oxygen atoms in total. The number of rotatable bonds is 5. The maximum atomic E-state index is 12.4. The highest BCUT2D eigenvalue weighted by Crippen LogP contribution is 2.61. The van der Waals surface area contributed by atoms with Gasteiger partial charge in [0.15, 0.2) is 0 Å². The molecular formula is C17H28BrNO. The fourth-order valence-corrected chi connectivity index (χ4v) is 5.99.